The number of pyridine rings is 1. The number of anilines is 2. The Morgan fingerprint density at radius 2 is 2.11 bits per heavy atom. The zero-order valence-electron chi connectivity index (χ0n) is 19.2. The molecule has 2 aromatic carbocycles. The highest BCUT2D eigenvalue weighted by molar-refractivity contribution is 6.35. The number of fused-ring (bicyclic) bond motifs is 4. The van der Waals surface area contributed by atoms with E-state index in [1.807, 2.05) is 18.2 Å². The van der Waals surface area contributed by atoms with Crippen molar-refractivity contribution in [2.75, 3.05) is 17.7 Å². The molecule has 2 atom stereocenters. The highest BCUT2D eigenvalue weighted by Gasteiger charge is 2.63. The van der Waals surface area contributed by atoms with Crippen LogP contribution in [0.2, 0.25) is 5.02 Å². The van der Waals surface area contributed by atoms with Crippen LogP contribution in [0.1, 0.15) is 29.9 Å². The first-order chi connectivity index (χ1) is 17.5. The first-order valence-corrected chi connectivity index (χ1v) is 11.8. The van der Waals surface area contributed by atoms with E-state index < -0.39 is 11.8 Å². The number of ether oxygens (including phenoxy) is 3. The molecular weight excluding hydrogens is 486 g/mol. The van der Waals surface area contributed by atoms with E-state index in [-0.39, 0.29) is 11.8 Å². The number of urea groups is 1. The fourth-order valence-electron chi connectivity index (χ4n) is 4.59. The SMILES string of the molecule is COc1cccc(NC(=O)NN[C@@]23C[C@@H]2c2cc(Oc4ccnc5c4CCC(=O)N5)ccc2O3)c1Cl. The summed E-state index contributed by atoms with van der Waals surface area (Å²) < 4.78 is 17.5. The predicted molar refractivity (Wildman–Crippen MR) is 132 cm³/mol. The lowest BCUT2D eigenvalue weighted by atomic mass is 10.1. The Kier molecular flexibility index (Phi) is 5.35. The second kappa shape index (κ2) is 8.58. The number of nitrogens with zero attached hydrogens (tertiary/aromatic N) is 1. The van der Waals surface area contributed by atoms with Crippen molar-refractivity contribution in [3.63, 3.8) is 0 Å². The number of nitrogens with one attached hydrogen (secondary N) is 4. The van der Waals surface area contributed by atoms with E-state index in [0.29, 0.717) is 53.0 Å². The van der Waals surface area contributed by atoms with Gasteiger partial charge in [-0.3, -0.25) is 10.2 Å². The summed E-state index contributed by atoms with van der Waals surface area (Å²) in [5.41, 5.74) is 7.25. The van der Waals surface area contributed by atoms with Crippen molar-refractivity contribution >= 4 is 35.0 Å². The monoisotopic (exact) mass is 507 g/mol. The standard InChI is InChI=1S/C25H22ClN5O5/c1-34-20-4-2-3-17(22(20)26)28-24(33)30-31-25-12-16(25)15-11-13(5-7-19(15)36-25)35-18-9-10-27-23-14(18)6-8-21(32)29-23/h2-5,7,9-11,16,31H,6,8,12H2,1H3,(H,27,29,32)(H2,28,30,33)/t16-,25-/m1/s1. The molecular formula is C25H22ClN5O5. The maximum atomic E-state index is 12.5. The first kappa shape index (κ1) is 22.4. The van der Waals surface area contributed by atoms with Crippen LogP contribution in [0.3, 0.4) is 0 Å². The van der Waals surface area contributed by atoms with Crippen LogP contribution >= 0.6 is 11.6 Å². The number of benzene rings is 2. The van der Waals surface area contributed by atoms with Crippen molar-refractivity contribution in [1.29, 1.82) is 0 Å². The summed E-state index contributed by atoms with van der Waals surface area (Å²) in [5.74, 6) is 3.06. The third kappa shape index (κ3) is 3.94. The van der Waals surface area contributed by atoms with E-state index in [4.69, 9.17) is 25.8 Å². The second-order valence-corrected chi connectivity index (χ2v) is 9.14. The average Bonchev–Trinajstić information content (AvgIpc) is 3.50. The number of hydrogen-bond donors (Lipinski definition) is 4. The van der Waals surface area contributed by atoms with Gasteiger partial charge in [0.15, 0.2) is 5.72 Å². The number of halogens is 1. The molecule has 11 heteroatoms. The van der Waals surface area contributed by atoms with Crippen LogP contribution in [0.15, 0.2) is 48.7 Å². The normalized spacial score (nSPS) is 20.7. The van der Waals surface area contributed by atoms with E-state index in [1.165, 1.54) is 7.11 Å². The number of aromatic nitrogens is 1. The Hall–Kier alpha value is -4.02. The van der Waals surface area contributed by atoms with Gasteiger partial charge in [-0.1, -0.05) is 17.7 Å². The predicted octanol–water partition coefficient (Wildman–Crippen LogP) is 4.32. The molecule has 1 aliphatic carbocycles. The zero-order chi connectivity index (χ0) is 24.9. The highest BCUT2D eigenvalue weighted by Crippen LogP contribution is 2.60. The smallest absolute Gasteiger partial charge is 0.333 e. The van der Waals surface area contributed by atoms with E-state index >= 15 is 0 Å². The van der Waals surface area contributed by atoms with Gasteiger partial charge in [-0.25, -0.2) is 9.78 Å². The van der Waals surface area contributed by atoms with E-state index in [2.05, 4.69) is 26.5 Å². The molecule has 1 saturated carbocycles. The lowest BCUT2D eigenvalue weighted by molar-refractivity contribution is -0.116. The van der Waals surface area contributed by atoms with Gasteiger partial charge >= 0.3 is 6.03 Å². The molecule has 3 heterocycles. The third-order valence-corrected chi connectivity index (χ3v) is 6.87. The van der Waals surface area contributed by atoms with Gasteiger partial charge in [-0.15, -0.1) is 0 Å². The fraction of sp³-hybridized carbons (Fsp3) is 0.240. The van der Waals surface area contributed by atoms with Gasteiger partial charge in [-0.2, -0.15) is 5.43 Å². The molecule has 0 bridgehead atoms. The van der Waals surface area contributed by atoms with E-state index in [9.17, 15) is 9.59 Å². The summed E-state index contributed by atoms with van der Waals surface area (Å²) >= 11 is 6.25. The van der Waals surface area contributed by atoms with Crippen LogP contribution in [-0.4, -0.2) is 29.8 Å². The molecule has 184 valence electrons. The van der Waals surface area contributed by atoms with Crippen LogP contribution in [0.25, 0.3) is 0 Å². The summed E-state index contributed by atoms with van der Waals surface area (Å²) in [6, 6.07) is 12.1. The quantitative estimate of drug-likeness (QED) is 0.366. The van der Waals surface area contributed by atoms with Gasteiger partial charge in [0.1, 0.15) is 33.8 Å². The largest absolute Gasteiger partial charge is 0.495 e. The molecule has 6 rings (SSSR count). The lowest BCUT2D eigenvalue weighted by Crippen LogP contribution is -2.50. The van der Waals surface area contributed by atoms with Crippen LogP contribution in [0.5, 0.6) is 23.0 Å². The van der Waals surface area contributed by atoms with Gasteiger partial charge in [0.25, 0.3) is 0 Å². The maximum Gasteiger partial charge on any atom is 0.333 e. The number of amides is 3. The molecule has 1 fully saturated rings. The molecule has 0 unspecified atom stereocenters. The number of carbonyl (C=O) groups is 2. The Balaban J connectivity index is 1.11. The lowest BCUT2D eigenvalue weighted by Gasteiger charge is -2.19. The fourth-order valence-corrected chi connectivity index (χ4v) is 4.84. The molecule has 0 spiro atoms. The molecule has 3 aliphatic rings. The Morgan fingerprint density at radius 1 is 1.22 bits per heavy atom. The van der Waals surface area contributed by atoms with Crippen molar-refractivity contribution in [3.8, 4) is 23.0 Å². The van der Waals surface area contributed by atoms with Crippen LogP contribution in [0, 0.1) is 0 Å². The summed E-state index contributed by atoms with van der Waals surface area (Å²) in [4.78, 5) is 28.4. The van der Waals surface area contributed by atoms with Crippen LogP contribution < -0.4 is 35.7 Å². The first-order valence-electron chi connectivity index (χ1n) is 11.4. The molecule has 36 heavy (non-hydrogen) atoms. The average molecular weight is 508 g/mol. The third-order valence-electron chi connectivity index (χ3n) is 6.48. The summed E-state index contributed by atoms with van der Waals surface area (Å²) in [5, 5.41) is 5.79. The molecule has 10 nitrogen and oxygen atoms in total. The highest BCUT2D eigenvalue weighted by atomic mass is 35.5. The molecule has 0 saturated heterocycles. The van der Waals surface area contributed by atoms with Gasteiger partial charge in [0.2, 0.25) is 5.91 Å². The minimum Gasteiger partial charge on any atom is -0.495 e. The molecule has 3 aromatic rings. The van der Waals surface area contributed by atoms with Gasteiger partial charge in [0.05, 0.1) is 12.8 Å². The van der Waals surface area contributed by atoms with Crippen molar-refractivity contribution in [3.05, 3.63) is 64.8 Å². The van der Waals surface area contributed by atoms with Crippen molar-refractivity contribution < 1.29 is 23.8 Å². The number of carbonyl (C=O) groups excluding carboxylic acids is 2. The maximum absolute atomic E-state index is 12.5. The molecule has 0 radical (unpaired) electrons. The second-order valence-electron chi connectivity index (χ2n) is 8.76. The van der Waals surface area contributed by atoms with Gasteiger partial charge in [0, 0.05) is 36.1 Å². The van der Waals surface area contributed by atoms with Gasteiger partial charge in [-0.05, 0) is 42.8 Å². The zero-order valence-corrected chi connectivity index (χ0v) is 19.9. The van der Waals surface area contributed by atoms with E-state index in [1.54, 1.807) is 30.5 Å². The number of methoxy groups -OCH3 is 1. The van der Waals surface area contributed by atoms with Crippen molar-refractivity contribution in [1.82, 2.24) is 15.8 Å². The van der Waals surface area contributed by atoms with Crippen molar-refractivity contribution in [2.24, 2.45) is 0 Å². The Morgan fingerprint density at radius 3 is 2.97 bits per heavy atom. The topological polar surface area (TPSA) is 123 Å². The van der Waals surface area contributed by atoms with Crippen LogP contribution in [-0.2, 0) is 11.2 Å². The summed E-state index contributed by atoms with van der Waals surface area (Å²) in [6.45, 7) is 0. The minimum absolute atomic E-state index is 0.0479. The minimum atomic E-state index is -0.712. The summed E-state index contributed by atoms with van der Waals surface area (Å²) in [7, 11) is 1.51. The number of hydrazine groups is 1. The Labute approximate surface area is 211 Å². The van der Waals surface area contributed by atoms with Gasteiger partial charge < -0.3 is 24.8 Å². The molecule has 2 aliphatic heterocycles. The molecule has 1 aromatic heterocycles. The van der Waals surface area contributed by atoms with E-state index in [0.717, 1.165) is 16.9 Å². The van der Waals surface area contributed by atoms with Crippen molar-refractivity contribution in [2.45, 2.75) is 30.9 Å². The number of rotatable bonds is 6. The Bertz CT molecular complexity index is 1400. The molecule has 3 amide bonds. The van der Waals surface area contributed by atoms with Crippen LogP contribution in [0.4, 0.5) is 16.3 Å². The molecule has 4 N–H and O–H groups in total. The number of hydrogen-bond acceptors (Lipinski definition) is 7. The summed E-state index contributed by atoms with van der Waals surface area (Å²) in [6.07, 6.45) is 3.28.